The number of unbranched alkanes of at least 4 members (excludes halogenated alkanes) is 1. The van der Waals surface area contributed by atoms with Crippen LogP contribution in [0.2, 0.25) is 0 Å². The highest BCUT2D eigenvalue weighted by atomic mass is 16.3. The lowest BCUT2D eigenvalue weighted by atomic mass is 10.1. The summed E-state index contributed by atoms with van der Waals surface area (Å²) in [6, 6.07) is 5.62. The van der Waals surface area contributed by atoms with Gasteiger partial charge in [0, 0.05) is 19.0 Å². The van der Waals surface area contributed by atoms with Gasteiger partial charge in [-0.15, -0.1) is 0 Å². The van der Waals surface area contributed by atoms with Crippen LogP contribution in [0.15, 0.2) is 83.3 Å². The number of pyridine rings is 1. The number of aliphatic hydroxyl groups excluding tert-OH is 1. The van der Waals surface area contributed by atoms with Crippen LogP contribution in [0, 0.1) is 5.92 Å². The fourth-order valence-corrected chi connectivity index (χ4v) is 3.28. The minimum absolute atomic E-state index is 0.00472. The van der Waals surface area contributed by atoms with E-state index in [-0.39, 0.29) is 11.8 Å². The van der Waals surface area contributed by atoms with Crippen LogP contribution in [-0.2, 0) is 4.79 Å². The van der Waals surface area contributed by atoms with E-state index in [1.807, 2.05) is 91.4 Å². The number of fused-ring (bicyclic) bond motifs is 2. The van der Waals surface area contributed by atoms with Crippen molar-refractivity contribution >= 4 is 23.5 Å². The van der Waals surface area contributed by atoms with Gasteiger partial charge in [-0.25, -0.2) is 0 Å². The second kappa shape index (κ2) is 12.0. The van der Waals surface area contributed by atoms with Gasteiger partial charge < -0.3 is 10.2 Å². The zero-order valence-corrected chi connectivity index (χ0v) is 19.9. The molecule has 2 aliphatic rings. The Kier molecular flexibility index (Phi) is 8.76. The van der Waals surface area contributed by atoms with Crippen molar-refractivity contribution in [2.24, 2.45) is 10.9 Å². The molecule has 2 aliphatic heterocycles. The molecule has 4 heterocycles. The molecule has 0 aliphatic carbocycles. The summed E-state index contributed by atoms with van der Waals surface area (Å²) < 4.78 is 1.84. The van der Waals surface area contributed by atoms with Crippen molar-refractivity contribution in [3.63, 3.8) is 0 Å². The van der Waals surface area contributed by atoms with Gasteiger partial charge in [0.2, 0.25) is 5.88 Å². The maximum absolute atomic E-state index is 12.2. The average Bonchev–Trinajstić information content (AvgIpc) is 3.33. The summed E-state index contributed by atoms with van der Waals surface area (Å²) in [6.07, 6.45) is 19.8. The van der Waals surface area contributed by atoms with Gasteiger partial charge >= 0.3 is 0 Å². The van der Waals surface area contributed by atoms with Crippen LogP contribution in [0.3, 0.4) is 0 Å². The van der Waals surface area contributed by atoms with Gasteiger partial charge in [-0.1, -0.05) is 51.5 Å². The molecule has 2 aromatic rings. The second-order valence-corrected chi connectivity index (χ2v) is 8.40. The topological polar surface area (TPSA) is 90.4 Å². The maximum Gasteiger partial charge on any atom is 0.295 e. The van der Waals surface area contributed by atoms with Crippen molar-refractivity contribution in [3.8, 4) is 5.88 Å². The smallest absolute Gasteiger partial charge is 0.295 e. The minimum atomic E-state index is -0.245. The van der Waals surface area contributed by atoms with Crippen LogP contribution in [-0.4, -0.2) is 42.8 Å². The molecule has 0 saturated carbocycles. The molecule has 7 heteroatoms. The highest BCUT2D eigenvalue weighted by molar-refractivity contribution is 6.15. The molecule has 178 valence electrons. The number of aliphatic hydroxyl groups is 1. The van der Waals surface area contributed by atoms with E-state index in [0.29, 0.717) is 35.4 Å². The average molecular weight is 461 g/mol. The summed E-state index contributed by atoms with van der Waals surface area (Å²) in [5, 5.41) is 18.3. The van der Waals surface area contributed by atoms with Crippen LogP contribution in [0.1, 0.15) is 45.7 Å². The largest absolute Gasteiger partial charge is 0.492 e. The number of amides is 1. The van der Waals surface area contributed by atoms with Crippen LogP contribution in [0.4, 0.5) is 0 Å². The number of aliphatic imine (C=N–C) groups is 1. The molecular formula is C27H32N4O3. The van der Waals surface area contributed by atoms with Gasteiger partial charge in [-0.3, -0.25) is 14.1 Å². The van der Waals surface area contributed by atoms with Crippen molar-refractivity contribution in [2.45, 2.75) is 40.0 Å². The molecule has 0 fully saturated rings. The number of carbonyl (C=O) groups is 1. The van der Waals surface area contributed by atoms with Gasteiger partial charge in [0.05, 0.1) is 0 Å². The Bertz CT molecular complexity index is 1200. The first-order valence-corrected chi connectivity index (χ1v) is 11.6. The summed E-state index contributed by atoms with van der Waals surface area (Å²) in [4.78, 5) is 22.3. The number of imidazole rings is 1. The maximum atomic E-state index is 12.2. The number of amidine groups is 1. The molecule has 0 spiro atoms. The third-order valence-electron chi connectivity index (χ3n) is 5.18. The number of allylic oxidation sites excluding steroid dienone is 6. The van der Waals surface area contributed by atoms with Crippen LogP contribution in [0.25, 0.3) is 11.7 Å². The number of nitrogens with zero attached hydrogens (tertiary/aromatic N) is 4. The fourth-order valence-electron chi connectivity index (χ4n) is 3.28. The van der Waals surface area contributed by atoms with Crippen molar-refractivity contribution in [2.75, 3.05) is 6.61 Å². The Morgan fingerprint density at radius 1 is 1.24 bits per heavy atom. The van der Waals surface area contributed by atoms with Crippen molar-refractivity contribution < 1.29 is 15.0 Å². The molecule has 4 rings (SSSR count). The lowest BCUT2D eigenvalue weighted by molar-refractivity contribution is -0.114. The van der Waals surface area contributed by atoms with E-state index in [2.05, 4.69) is 16.9 Å². The van der Waals surface area contributed by atoms with E-state index < -0.39 is 0 Å². The van der Waals surface area contributed by atoms with Crippen molar-refractivity contribution in [3.05, 3.63) is 84.0 Å². The molecule has 7 nitrogen and oxygen atoms in total. The number of hydrogen-bond donors (Lipinski definition) is 2. The molecule has 1 amide bonds. The first kappa shape index (κ1) is 24.9. The van der Waals surface area contributed by atoms with Crippen LogP contribution in [0.5, 0.6) is 5.88 Å². The summed E-state index contributed by atoms with van der Waals surface area (Å²) in [5.74, 6) is 0.828. The summed E-state index contributed by atoms with van der Waals surface area (Å²) in [6.45, 7) is 6.39. The first-order chi connectivity index (χ1) is 16.4. The zero-order chi connectivity index (χ0) is 24.5. The SMILES string of the molecule is CC(C)CO.CCCCC(/C=C/c1c(O)nc2ccccn12)=C\C=C1\C(=O)N=C2C=CC=CN21. The fraction of sp³-hybridized carbons (Fsp3) is 0.296. The Balaban J connectivity index is 0.000000588. The third-order valence-corrected chi connectivity index (χ3v) is 5.18. The predicted octanol–water partition coefficient (Wildman–Crippen LogP) is 5.01. The number of aromatic hydroxyl groups is 1. The lowest BCUT2D eigenvalue weighted by Gasteiger charge is -2.15. The summed E-state index contributed by atoms with van der Waals surface area (Å²) in [5.41, 5.74) is 2.91. The van der Waals surface area contributed by atoms with E-state index in [0.717, 1.165) is 24.8 Å². The van der Waals surface area contributed by atoms with Gasteiger partial charge in [-0.05, 0) is 60.8 Å². The summed E-state index contributed by atoms with van der Waals surface area (Å²) in [7, 11) is 0. The number of hydrogen-bond acceptors (Lipinski definition) is 5. The highest BCUT2D eigenvalue weighted by Gasteiger charge is 2.26. The van der Waals surface area contributed by atoms with E-state index in [1.165, 1.54) is 0 Å². The van der Waals surface area contributed by atoms with Gasteiger partial charge in [0.1, 0.15) is 22.9 Å². The Morgan fingerprint density at radius 2 is 2.03 bits per heavy atom. The molecule has 2 aromatic heterocycles. The standard InChI is InChI=1S/C23H22N4O2.C4H10O/c1-2-3-8-17(11-13-18-22(28)24-20-9-4-6-15-26(18)20)12-14-19-23(29)25-21-10-5-7-16-27(19)21;1-4(2)3-5/h4-7,9-16,28H,2-3,8H2,1H3;4-5H,3H2,1-2H3/b13-11+,17-12+,19-14-;. The molecule has 0 radical (unpaired) electrons. The molecule has 0 saturated heterocycles. The monoisotopic (exact) mass is 460 g/mol. The van der Waals surface area contributed by atoms with Crippen LogP contribution < -0.4 is 0 Å². The highest BCUT2D eigenvalue weighted by Crippen LogP contribution is 2.23. The third kappa shape index (κ3) is 6.20. The minimum Gasteiger partial charge on any atom is -0.492 e. The van der Waals surface area contributed by atoms with Crippen molar-refractivity contribution in [1.82, 2.24) is 14.3 Å². The summed E-state index contributed by atoms with van der Waals surface area (Å²) >= 11 is 0. The molecule has 0 unspecified atom stereocenters. The Hall–Kier alpha value is -3.71. The molecule has 0 aromatic carbocycles. The van der Waals surface area contributed by atoms with Gasteiger partial charge in [0.25, 0.3) is 5.91 Å². The van der Waals surface area contributed by atoms with E-state index in [1.54, 1.807) is 4.90 Å². The predicted molar refractivity (Wildman–Crippen MR) is 136 cm³/mol. The van der Waals surface area contributed by atoms with E-state index in [9.17, 15) is 9.90 Å². The number of rotatable bonds is 7. The molecule has 34 heavy (non-hydrogen) atoms. The van der Waals surface area contributed by atoms with E-state index >= 15 is 0 Å². The van der Waals surface area contributed by atoms with Gasteiger partial charge in [-0.2, -0.15) is 9.98 Å². The molecule has 2 N–H and O–H groups in total. The van der Waals surface area contributed by atoms with Crippen molar-refractivity contribution in [1.29, 1.82) is 0 Å². The lowest BCUT2D eigenvalue weighted by Crippen LogP contribution is -2.20. The van der Waals surface area contributed by atoms with E-state index in [4.69, 9.17) is 5.11 Å². The second-order valence-electron chi connectivity index (χ2n) is 8.40. The number of carbonyl (C=O) groups excluding carboxylic acids is 1. The van der Waals surface area contributed by atoms with Gasteiger partial charge in [0.15, 0.2) is 0 Å². The zero-order valence-electron chi connectivity index (χ0n) is 19.9. The Labute approximate surface area is 200 Å². The first-order valence-electron chi connectivity index (χ1n) is 11.6. The normalized spacial score (nSPS) is 16.6. The molecule has 0 bridgehead atoms. The quantitative estimate of drug-likeness (QED) is 0.448. The Morgan fingerprint density at radius 3 is 2.76 bits per heavy atom. The molecular weight excluding hydrogens is 428 g/mol. The van der Waals surface area contributed by atoms with Crippen LogP contribution >= 0.6 is 0 Å². The molecule has 0 atom stereocenters. The number of aromatic nitrogens is 2.